The van der Waals surface area contributed by atoms with Crippen molar-refractivity contribution >= 4 is 27.9 Å². The maximum atomic E-state index is 10.9. The van der Waals surface area contributed by atoms with Gasteiger partial charge < -0.3 is 10.2 Å². The van der Waals surface area contributed by atoms with Crippen molar-refractivity contribution in [3.8, 4) is 5.69 Å². The minimum Gasteiger partial charge on any atom is -0.465 e. The number of aromatic nitrogens is 5. The van der Waals surface area contributed by atoms with Crippen molar-refractivity contribution in [1.82, 2.24) is 24.4 Å². The summed E-state index contributed by atoms with van der Waals surface area (Å²) in [4.78, 5) is 16.8. The largest absolute Gasteiger partial charge is 0.465 e. The van der Waals surface area contributed by atoms with Gasteiger partial charge in [0.1, 0.15) is 23.0 Å². The average Bonchev–Trinajstić information content (AvgIpc) is 3.36. The van der Waals surface area contributed by atoms with Crippen LogP contribution in [-0.4, -0.2) is 40.7 Å². The van der Waals surface area contributed by atoms with Gasteiger partial charge in [-0.15, -0.1) is 16.4 Å². The topological polar surface area (TPSA) is 118 Å². The Hall–Kier alpha value is -3.24. The lowest BCUT2D eigenvalue weighted by Crippen LogP contribution is -2.07. The van der Waals surface area contributed by atoms with Crippen LogP contribution in [-0.2, 0) is 6.42 Å². The third-order valence-corrected chi connectivity index (χ3v) is 5.39. The Balaban J connectivity index is 1.63. The molecule has 0 radical (unpaired) electrons. The predicted octanol–water partition coefficient (Wildman–Crippen LogP) is 2.71. The fourth-order valence-electron chi connectivity index (χ4n) is 2.88. The summed E-state index contributed by atoms with van der Waals surface area (Å²) in [6.07, 6.45) is 3.85. The van der Waals surface area contributed by atoms with E-state index in [1.165, 1.54) is 4.68 Å². The number of aliphatic hydroxyl groups excluding tert-OH is 1. The molecular formula is C17H16N6O3S. The van der Waals surface area contributed by atoms with Crippen molar-refractivity contribution in [3.63, 3.8) is 0 Å². The van der Waals surface area contributed by atoms with E-state index in [0.29, 0.717) is 17.1 Å². The van der Waals surface area contributed by atoms with Gasteiger partial charge >= 0.3 is 6.09 Å². The number of aryl methyl sites for hydroxylation is 1. The van der Waals surface area contributed by atoms with E-state index in [-0.39, 0.29) is 0 Å². The van der Waals surface area contributed by atoms with Crippen molar-refractivity contribution in [2.45, 2.75) is 19.4 Å². The summed E-state index contributed by atoms with van der Waals surface area (Å²) in [5.74, 6) is 0. The van der Waals surface area contributed by atoms with E-state index < -0.39 is 12.2 Å². The lowest BCUT2D eigenvalue weighted by molar-refractivity contribution is 0.208. The molecule has 1 atom stereocenters. The molecule has 0 aliphatic heterocycles. The molecule has 0 saturated carbocycles. The molecule has 0 aliphatic rings. The van der Waals surface area contributed by atoms with E-state index in [1.807, 2.05) is 11.3 Å². The average molecular weight is 384 g/mol. The van der Waals surface area contributed by atoms with E-state index in [0.717, 1.165) is 21.8 Å². The van der Waals surface area contributed by atoms with Crippen LogP contribution in [0.15, 0.2) is 43.0 Å². The van der Waals surface area contributed by atoms with E-state index >= 15 is 0 Å². The van der Waals surface area contributed by atoms with Crippen LogP contribution < -0.4 is 5.32 Å². The predicted molar refractivity (Wildman–Crippen MR) is 99.5 cm³/mol. The Bertz CT molecular complexity index is 1100. The highest BCUT2D eigenvalue weighted by atomic mass is 32.1. The second-order valence-corrected chi connectivity index (χ2v) is 6.95. The van der Waals surface area contributed by atoms with Crippen molar-refractivity contribution < 1.29 is 15.0 Å². The number of nitrogens with zero attached hydrogens (tertiary/aromatic N) is 5. The monoisotopic (exact) mass is 384 g/mol. The SMILES string of the molecule is CCc1sc2cncn2c1C(O)c1cn(-c2ccc(NC(=O)O)cc2)nn1. The quantitative estimate of drug-likeness (QED) is 0.487. The van der Waals surface area contributed by atoms with Crippen LogP contribution in [0, 0.1) is 0 Å². The summed E-state index contributed by atoms with van der Waals surface area (Å²) in [5.41, 5.74) is 2.33. The lowest BCUT2D eigenvalue weighted by Gasteiger charge is -2.08. The van der Waals surface area contributed by atoms with E-state index in [4.69, 9.17) is 5.11 Å². The van der Waals surface area contributed by atoms with Crippen molar-refractivity contribution in [1.29, 1.82) is 0 Å². The second kappa shape index (κ2) is 6.82. The molecule has 1 amide bonds. The molecule has 0 fully saturated rings. The zero-order valence-corrected chi connectivity index (χ0v) is 15.1. The zero-order chi connectivity index (χ0) is 19.0. The Morgan fingerprint density at radius 2 is 2.11 bits per heavy atom. The number of imidazole rings is 1. The Kier molecular flexibility index (Phi) is 4.34. The zero-order valence-electron chi connectivity index (χ0n) is 14.3. The molecule has 3 N–H and O–H groups in total. The maximum absolute atomic E-state index is 10.9. The number of hydrogen-bond donors (Lipinski definition) is 3. The van der Waals surface area contributed by atoms with Crippen LogP contribution in [0.2, 0.25) is 0 Å². The Morgan fingerprint density at radius 3 is 2.81 bits per heavy atom. The number of carboxylic acid groups (broad SMARTS) is 1. The van der Waals surface area contributed by atoms with Gasteiger partial charge in [-0.2, -0.15) is 0 Å². The molecular weight excluding hydrogens is 368 g/mol. The molecule has 1 aromatic carbocycles. The highest BCUT2D eigenvalue weighted by Crippen LogP contribution is 2.31. The molecule has 3 heterocycles. The first kappa shape index (κ1) is 17.2. The molecule has 10 heteroatoms. The summed E-state index contributed by atoms with van der Waals surface area (Å²) in [5, 5.41) is 30.1. The molecule has 9 nitrogen and oxygen atoms in total. The number of aliphatic hydroxyl groups is 1. The van der Waals surface area contributed by atoms with Gasteiger partial charge in [-0.1, -0.05) is 12.1 Å². The fraction of sp³-hybridized carbons (Fsp3) is 0.176. The van der Waals surface area contributed by atoms with Gasteiger partial charge in [-0.3, -0.25) is 9.72 Å². The van der Waals surface area contributed by atoms with Crippen molar-refractivity contribution in [2.75, 3.05) is 5.32 Å². The summed E-state index contributed by atoms with van der Waals surface area (Å²) in [7, 11) is 0. The molecule has 138 valence electrons. The van der Waals surface area contributed by atoms with Crippen LogP contribution in [0.25, 0.3) is 10.5 Å². The maximum Gasteiger partial charge on any atom is 0.409 e. The van der Waals surface area contributed by atoms with Crippen molar-refractivity contribution in [3.05, 3.63) is 59.3 Å². The van der Waals surface area contributed by atoms with Crippen LogP contribution in [0.3, 0.4) is 0 Å². The first-order chi connectivity index (χ1) is 13.1. The van der Waals surface area contributed by atoms with Gasteiger partial charge in [0.2, 0.25) is 0 Å². The fourth-order valence-corrected chi connectivity index (χ4v) is 3.95. The molecule has 0 bridgehead atoms. The highest BCUT2D eigenvalue weighted by molar-refractivity contribution is 7.17. The summed E-state index contributed by atoms with van der Waals surface area (Å²) in [6.45, 7) is 2.04. The third kappa shape index (κ3) is 3.15. The van der Waals surface area contributed by atoms with Gasteiger partial charge in [0.05, 0.1) is 23.8 Å². The number of anilines is 1. The normalized spacial score (nSPS) is 12.4. The molecule has 0 saturated heterocycles. The van der Waals surface area contributed by atoms with E-state index in [2.05, 4.69) is 20.6 Å². The highest BCUT2D eigenvalue weighted by Gasteiger charge is 2.23. The summed E-state index contributed by atoms with van der Waals surface area (Å²) in [6, 6.07) is 6.69. The molecule has 0 aliphatic carbocycles. The smallest absolute Gasteiger partial charge is 0.409 e. The number of rotatable bonds is 5. The Labute approximate surface area is 157 Å². The van der Waals surface area contributed by atoms with E-state index in [9.17, 15) is 9.90 Å². The second-order valence-electron chi connectivity index (χ2n) is 5.83. The standard InChI is InChI=1S/C17H16N6O3S/c1-2-13-15(22-9-18-7-14(22)27-13)16(24)12-8-23(21-20-12)11-5-3-10(4-6-11)19-17(25)26/h3-9,16,19,24H,2H2,1H3,(H,25,26). The number of benzene rings is 1. The van der Waals surface area contributed by atoms with Crippen LogP contribution in [0.1, 0.15) is 29.3 Å². The number of fused-ring (bicyclic) bond motifs is 1. The molecule has 27 heavy (non-hydrogen) atoms. The van der Waals surface area contributed by atoms with Gasteiger partial charge in [0.25, 0.3) is 0 Å². The molecule has 1 unspecified atom stereocenters. The number of carbonyl (C=O) groups is 1. The minimum absolute atomic E-state index is 0.422. The first-order valence-electron chi connectivity index (χ1n) is 8.21. The molecule has 3 aromatic heterocycles. The van der Waals surface area contributed by atoms with Crippen LogP contribution in [0.4, 0.5) is 10.5 Å². The molecule has 4 aromatic rings. The van der Waals surface area contributed by atoms with Crippen LogP contribution in [0.5, 0.6) is 0 Å². The number of amides is 1. The first-order valence-corrected chi connectivity index (χ1v) is 9.02. The van der Waals surface area contributed by atoms with Crippen LogP contribution >= 0.6 is 11.3 Å². The Morgan fingerprint density at radius 1 is 1.33 bits per heavy atom. The summed E-state index contributed by atoms with van der Waals surface area (Å²) < 4.78 is 3.41. The summed E-state index contributed by atoms with van der Waals surface area (Å²) >= 11 is 1.59. The molecule has 4 rings (SSSR count). The van der Waals surface area contributed by atoms with Gasteiger partial charge in [0.15, 0.2) is 0 Å². The third-order valence-electron chi connectivity index (χ3n) is 4.13. The van der Waals surface area contributed by atoms with Gasteiger partial charge in [-0.05, 0) is 30.7 Å². The molecule has 0 spiro atoms. The lowest BCUT2D eigenvalue weighted by atomic mass is 10.1. The number of thiazole rings is 1. The van der Waals surface area contributed by atoms with Crippen molar-refractivity contribution in [2.24, 2.45) is 0 Å². The van der Waals surface area contributed by atoms with E-state index in [1.54, 1.807) is 54.3 Å². The van der Waals surface area contributed by atoms with Gasteiger partial charge in [-0.25, -0.2) is 14.5 Å². The van der Waals surface area contributed by atoms with Gasteiger partial charge in [0, 0.05) is 10.6 Å². The minimum atomic E-state index is -1.12. The number of nitrogens with one attached hydrogen (secondary N) is 1. The number of hydrogen-bond acceptors (Lipinski definition) is 6.